The molecule has 1 aliphatic heterocycles. The Labute approximate surface area is 150 Å². The fourth-order valence-electron chi connectivity index (χ4n) is 3.00. The smallest absolute Gasteiger partial charge is 0.270 e. The minimum atomic E-state index is -0.0361. The van der Waals surface area contributed by atoms with E-state index < -0.39 is 0 Å². The summed E-state index contributed by atoms with van der Waals surface area (Å²) in [4.78, 5) is 17.4. The summed E-state index contributed by atoms with van der Waals surface area (Å²) in [6.45, 7) is 2.35. The van der Waals surface area contributed by atoms with Crippen molar-refractivity contribution in [2.24, 2.45) is 0 Å². The highest BCUT2D eigenvalue weighted by Gasteiger charge is 2.21. The summed E-state index contributed by atoms with van der Waals surface area (Å²) >= 11 is 0. The van der Waals surface area contributed by atoms with Crippen LogP contribution in [0, 0.1) is 0 Å². The van der Waals surface area contributed by atoms with Gasteiger partial charge < -0.3 is 19.4 Å². The predicted octanol–water partition coefficient (Wildman–Crippen LogP) is 1.95. The van der Waals surface area contributed by atoms with Gasteiger partial charge in [-0.2, -0.15) is 15.4 Å². The van der Waals surface area contributed by atoms with Gasteiger partial charge in [0.25, 0.3) is 5.91 Å². The Morgan fingerprint density at radius 1 is 1.15 bits per heavy atom. The van der Waals surface area contributed by atoms with E-state index >= 15 is 0 Å². The van der Waals surface area contributed by atoms with Gasteiger partial charge >= 0.3 is 0 Å². The summed E-state index contributed by atoms with van der Waals surface area (Å²) in [6, 6.07) is 9.42. The van der Waals surface area contributed by atoms with Crippen molar-refractivity contribution in [1.29, 1.82) is 0 Å². The van der Waals surface area contributed by atoms with Crippen LogP contribution in [0.3, 0.4) is 0 Å². The zero-order valence-corrected chi connectivity index (χ0v) is 14.4. The van der Waals surface area contributed by atoms with Gasteiger partial charge in [-0.05, 0) is 18.2 Å². The largest absolute Gasteiger partial charge is 0.497 e. The molecule has 1 fully saturated rings. The van der Waals surface area contributed by atoms with Gasteiger partial charge in [-0.1, -0.05) is 12.1 Å². The third-order valence-electron chi connectivity index (χ3n) is 4.38. The summed E-state index contributed by atoms with van der Waals surface area (Å²) < 4.78 is 10.6. The normalized spacial score (nSPS) is 14.4. The molecule has 8 nitrogen and oxygen atoms in total. The fraction of sp³-hybridized carbons (Fsp3) is 0.278. The lowest BCUT2D eigenvalue weighted by Gasteiger charge is -2.26. The molecule has 2 aromatic heterocycles. The van der Waals surface area contributed by atoms with E-state index in [1.165, 1.54) is 0 Å². The van der Waals surface area contributed by atoms with Crippen LogP contribution in [0.15, 0.2) is 36.5 Å². The number of nitrogens with one attached hydrogen (secondary N) is 2. The Morgan fingerprint density at radius 2 is 1.92 bits per heavy atom. The third kappa shape index (κ3) is 3.06. The second-order valence-corrected chi connectivity index (χ2v) is 5.96. The molecule has 1 aliphatic rings. The molecule has 8 heteroatoms. The van der Waals surface area contributed by atoms with Crippen molar-refractivity contribution in [2.45, 2.75) is 0 Å². The van der Waals surface area contributed by atoms with Crippen molar-refractivity contribution in [3.05, 3.63) is 42.2 Å². The maximum absolute atomic E-state index is 12.6. The standard InChI is InChI=1S/C18H19N5O3/c1-25-14-4-2-3-12(9-14)16-17(21-22-20-16)13-10-15(19-11-13)18(24)23-5-7-26-8-6-23/h2-4,9-11,19H,5-8H2,1H3,(H,20,21,22). The number of carbonyl (C=O) groups excluding carboxylic acids is 1. The summed E-state index contributed by atoms with van der Waals surface area (Å²) in [5.74, 6) is 0.708. The quantitative estimate of drug-likeness (QED) is 0.747. The van der Waals surface area contributed by atoms with E-state index in [1.807, 2.05) is 24.3 Å². The fourth-order valence-corrected chi connectivity index (χ4v) is 3.00. The molecule has 0 saturated carbocycles. The van der Waals surface area contributed by atoms with Crippen molar-refractivity contribution in [2.75, 3.05) is 33.4 Å². The number of hydrogen-bond acceptors (Lipinski definition) is 5. The van der Waals surface area contributed by atoms with E-state index in [0.717, 1.165) is 16.9 Å². The molecule has 0 bridgehead atoms. The minimum Gasteiger partial charge on any atom is -0.497 e. The number of ether oxygens (including phenoxy) is 2. The monoisotopic (exact) mass is 353 g/mol. The minimum absolute atomic E-state index is 0.0361. The van der Waals surface area contributed by atoms with Gasteiger partial charge in [-0.3, -0.25) is 4.79 Å². The van der Waals surface area contributed by atoms with Crippen LogP contribution in [-0.2, 0) is 4.74 Å². The molecule has 0 atom stereocenters. The number of rotatable bonds is 4. The average molecular weight is 353 g/mol. The van der Waals surface area contributed by atoms with Gasteiger partial charge in [0.05, 0.1) is 20.3 Å². The molecule has 0 aliphatic carbocycles. The molecule has 0 radical (unpaired) electrons. The molecule has 134 valence electrons. The van der Waals surface area contributed by atoms with Crippen LogP contribution >= 0.6 is 0 Å². The number of H-pyrrole nitrogens is 2. The predicted molar refractivity (Wildman–Crippen MR) is 94.9 cm³/mol. The third-order valence-corrected chi connectivity index (χ3v) is 4.38. The molecule has 1 amide bonds. The number of hydrogen-bond donors (Lipinski definition) is 2. The van der Waals surface area contributed by atoms with Crippen molar-refractivity contribution in [3.63, 3.8) is 0 Å². The van der Waals surface area contributed by atoms with Gasteiger partial charge in [-0.15, -0.1) is 0 Å². The first-order valence-electron chi connectivity index (χ1n) is 8.37. The number of morpholine rings is 1. The number of benzene rings is 1. The first-order chi connectivity index (χ1) is 12.8. The number of carbonyl (C=O) groups is 1. The van der Waals surface area contributed by atoms with E-state index in [2.05, 4.69) is 20.4 Å². The van der Waals surface area contributed by atoms with Crippen molar-refractivity contribution in [1.82, 2.24) is 25.3 Å². The Kier molecular flexibility index (Phi) is 4.40. The zero-order chi connectivity index (χ0) is 17.9. The van der Waals surface area contributed by atoms with Gasteiger partial charge in [0.2, 0.25) is 0 Å². The molecule has 26 heavy (non-hydrogen) atoms. The SMILES string of the molecule is COc1cccc(-c2n[nH]nc2-c2c[nH]c(C(=O)N3CCOCC3)c2)c1. The van der Waals surface area contributed by atoms with Gasteiger partial charge in [-0.25, -0.2) is 0 Å². The molecule has 1 aromatic carbocycles. The Morgan fingerprint density at radius 3 is 2.69 bits per heavy atom. The van der Waals surface area contributed by atoms with Crippen LogP contribution < -0.4 is 4.74 Å². The Hall–Kier alpha value is -3.13. The molecule has 2 N–H and O–H groups in total. The van der Waals surface area contributed by atoms with Gasteiger partial charge in [0, 0.05) is 30.4 Å². The number of aromatic amines is 2. The molecule has 3 aromatic rings. The highest BCUT2D eigenvalue weighted by Crippen LogP contribution is 2.30. The van der Waals surface area contributed by atoms with Crippen molar-refractivity contribution in [3.8, 4) is 28.3 Å². The molecule has 1 saturated heterocycles. The van der Waals surface area contributed by atoms with E-state index in [0.29, 0.717) is 43.4 Å². The highest BCUT2D eigenvalue weighted by atomic mass is 16.5. The van der Waals surface area contributed by atoms with Crippen LogP contribution in [0.2, 0.25) is 0 Å². The van der Waals surface area contributed by atoms with Gasteiger partial charge in [0.15, 0.2) is 0 Å². The van der Waals surface area contributed by atoms with E-state index in [9.17, 15) is 4.79 Å². The summed E-state index contributed by atoms with van der Waals surface area (Å²) in [6.07, 6.45) is 1.77. The summed E-state index contributed by atoms with van der Waals surface area (Å²) in [5, 5.41) is 11.2. The van der Waals surface area contributed by atoms with Crippen LogP contribution in [0.25, 0.3) is 22.5 Å². The van der Waals surface area contributed by atoms with Crippen LogP contribution in [0.5, 0.6) is 5.75 Å². The maximum atomic E-state index is 12.6. The van der Waals surface area contributed by atoms with E-state index in [1.54, 1.807) is 24.3 Å². The molecular formula is C18H19N5O3. The molecule has 0 unspecified atom stereocenters. The second kappa shape index (κ2) is 7.01. The first-order valence-corrected chi connectivity index (χ1v) is 8.37. The topological polar surface area (TPSA) is 96.1 Å². The highest BCUT2D eigenvalue weighted by molar-refractivity contribution is 5.94. The van der Waals surface area contributed by atoms with E-state index in [4.69, 9.17) is 9.47 Å². The molecule has 4 rings (SSSR count). The maximum Gasteiger partial charge on any atom is 0.270 e. The first kappa shape index (κ1) is 16.3. The average Bonchev–Trinajstić information content (AvgIpc) is 3.37. The van der Waals surface area contributed by atoms with Crippen LogP contribution in [0.1, 0.15) is 10.5 Å². The number of aromatic nitrogens is 4. The van der Waals surface area contributed by atoms with E-state index in [-0.39, 0.29) is 5.91 Å². The van der Waals surface area contributed by atoms with Crippen LogP contribution in [-0.4, -0.2) is 64.6 Å². The number of nitrogens with zero attached hydrogens (tertiary/aromatic N) is 3. The molecule has 0 spiro atoms. The Bertz CT molecular complexity index is 911. The Balaban J connectivity index is 1.62. The number of methoxy groups -OCH3 is 1. The van der Waals surface area contributed by atoms with Crippen LogP contribution in [0.4, 0.5) is 0 Å². The number of amides is 1. The lowest BCUT2D eigenvalue weighted by molar-refractivity contribution is 0.0299. The van der Waals surface area contributed by atoms with Gasteiger partial charge in [0.1, 0.15) is 22.8 Å². The lowest BCUT2D eigenvalue weighted by Crippen LogP contribution is -2.40. The van der Waals surface area contributed by atoms with Crippen molar-refractivity contribution < 1.29 is 14.3 Å². The zero-order valence-electron chi connectivity index (χ0n) is 14.4. The molecular weight excluding hydrogens is 334 g/mol. The lowest BCUT2D eigenvalue weighted by atomic mass is 10.1. The van der Waals surface area contributed by atoms with Crippen molar-refractivity contribution >= 4 is 5.91 Å². The summed E-state index contributed by atoms with van der Waals surface area (Å²) in [7, 11) is 1.62. The second-order valence-electron chi connectivity index (χ2n) is 5.96. The summed E-state index contributed by atoms with van der Waals surface area (Å²) in [5.41, 5.74) is 3.59. The molecule has 3 heterocycles.